The van der Waals surface area contributed by atoms with Crippen LogP contribution in [0.4, 0.5) is 8.78 Å². The van der Waals surface area contributed by atoms with Crippen LogP contribution in [0.25, 0.3) is 0 Å². The summed E-state index contributed by atoms with van der Waals surface area (Å²) in [5.41, 5.74) is 0.423. The summed E-state index contributed by atoms with van der Waals surface area (Å²) in [6, 6.07) is 0.0520. The maximum absolute atomic E-state index is 13.1. The predicted octanol–water partition coefficient (Wildman–Crippen LogP) is 2.95. The highest BCUT2D eigenvalue weighted by atomic mass is 19.3. The Morgan fingerprint density at radius 3 is 2.57 bits per heavy atom. The Labute approximate surface area is 84.3 Å². The summed E-state index contributed by atoms with van der Waals surface area (Å²) in [5, 5.41) is 3.30. The molecule has 1 nitrogen and oxygen atoms in total. The summed E-state index contributed by atoms with van der Waals surface area (Å²) in [6.45, 7) is 3.15. The molecule has 2 rings (SSSR count). The van der Waals surface area contributed by atoms with Crippen molar-refractivity contribution in [1.29, 1.82) is 0 Å². The van der Waals surface area contributed by atoms with E-state index in [1.807, 2.05) is 0 Å². The van der Waals surface area contributed by atoms with Gasteiger partial charge in [0, 0.05) is 25.4 Å². The van der Waals surface area contributed by atoms with Gasteiger partial charge in [0.15, 0.2) is 0 Å². The van der Waals surface area contributed by atoms with Gasteiger partial charge in [-0.15, -0.1) is 0 Å². The summed E-state index contributed by atoms with van der Waals surface area (Å²) in [6.07, 6.45) is 4.23. The van der Waals surface area contributed by atoms with Gasteiger partial charge in [-0.1, -0.05) is 6.92 Å². The average molecular weight is 203 g/mol. The number of nitrogens with one attached hydrogen (secondary N) is 1. The molecule has 2 fully saturated rings. The van der Waals surface area contributed by atoms with Gasteiger partial charge in [0.1, 0.15) is 0 Å². The van der Waals surface area contributed by atoms with E-state index in [2.05, 4.69) is 12.2 Å². The lowest BCUT2D eigenvalue weighted by atomic mass is 9.91. The molecule has 1 N–H and O–H groups in total. The minimum absolute atomic E-state index is 0.0447. The fourth-order valence-electron chi connectivity index (χ4n) is 2.13. The van der Waals surface area contributed by atoms with Crippen LogP contribution in [0.2, 0.25) is 0 Å². The molecule has 82 valence electrons. The van der Waals surface area contributed by atoms with Crippen LogP contribution in [0.1, 0.15) is 45.4 Å². The van der Waals surface area contributed by atoms with Crippen molar-refractivity contribution >= 4 is 0 Å². The maximum atomic E-state index is 13.1. The Morgan fingerprint density at radius 1 is 1.29 bits per heavy atom. The van der Waals surface area contributed by atoms with Crippen molar-refractivity contribution in [3.8, 4) is 0 Å². The first-order valence-electron chi connectivity index (χ1n) is 5.60. The largest absolute Gasteiger partial charge is 0.313 e. The molecule has 0 spiro atoms. The van der Waals surface area contributed by atoms with Gasteiger partial charge in [-0.25, -0.2) is 8.78 Å². The smallest absolute Gasteiger partial charge is 0.249 e. The lowest BCUT2D eigenvalue weighted by Gasteiger charge is -2.30. The topological polar surface area (TPSA) is 12.0 Å². The first-order valence-corrected chi connectivity index (χ1v) is 5.60. The molecule has 2 saturated carbocycles. The third kappa shape index (κ3) is 2.66. The average Bonchev–Trinajstić information content (AvgIpc) is 2.80. The van der Waals surface area contributed by atoms with E-state index in [1.54, 1.807) is 0 Å². The van der Waals surface area contributed by atoms with E-state index in [0.29, 0.717) is 11.8 Å². The molecule has 0 aromatic heterocycles. The molecule has 0 heterocycles. The van der Waals surface area contributed by atoms with Crippen LogP contribution < -0.4 is 5.32 Å². The molecular weight excluding hydrogens is 184 g/mol. The second-order valence-corrected chi connectivity index (χ2v) is 5.34. The first kappa shape index (κ1) is 10.3. The minimum Gasteiger partial charge on any atom is -0.313 e. The van der Waals surface area contributed by atoms with Gasteiger partial charge in [-0.3, -0.25) is 0 Å². The van der Waals surface area contributed by atoms with Crippen molar-refractivity contribution in [2.75, 3.05) is 6.54 Å². The van der Waals surface area contributed by atoms with Crippen molar-refractivity contribution in [2.45, 2.75) is 57.4 Å². The fraction of sp³-hybridized carbons (Fsp3) is 1.00. The highest BCUT2D eigenvalue weighted by Crippen LogP contribution is 2.44. The van der Waals surface area contributed by atoms with Crippen molar-refractivity contribution in [1.82, 2.24) is 5.32 Å². The fourth-order valence-corrected chi connectivity index (χ4v) is 2.13. The molecule has 3 heteroatoms. The summed E-state index contributed by atoms with van der Waals surface area (Å²) in [4.78, 5) is 0. The zero-order valence-corrected chi connectivity index (χ0v) is 8.78. The highest BCUT2D eigenvalue weighted by molar-refractivity contribution is 4.92. The molecule has 1 unspecified atom stereocenters. The van der Waals surface area contributed by atoms with Crippen LogP contribution in [0.15, 0.2) is 0 Å². The zero-order valence-electron chi connectivity index (χ0n) is 8.78. The number of rotatable bonds is 3. The van der Waals surface area contributed by atoms with Crippen molar-refractivity contribution in [2.24, 2.45) is 5.41 Å². The van der Waals surface area contributed by atoms with Crippen molar-refractivity contribution < 1.29 is 8.78 Å². The number of halogens is 2. The Morgan fingerprint density at radius 2 is 2.00 bits per heavy atom. The maximum Gasteiger partial charge on any atom is 0.249 e. The van der Waals surface area contributed by atoms with Gasteiger partial charge >= 0.3 is 0 Å². The minimum atomic E-state index is -2.42. The second kappa shape index (κ2) is 3.44. The summed E-state index contributed by atoms with van der Waals surface area (Å²) < 4.78 is 26.1. The highest BCUT2D eigenvalue weighted by Gasteiger charge is 2.40. The van der Waals surface area contributed by atoms with Crippen LogP contribution in [0, 0.1) is 5.41 Å². The third-order valence-corrected chi connectivity index (χ3v) is 3.56. The van der Waals surface area contributed by atoms with Gasteiger partial charge in [-0.2, -0.15) is 0 Å². The van der Waals surface area contributed by atoms with Crippen LogP contribution >= 0.6 is 0 Å². The normalized spacial score (nSPS) is 34.1. The predicted molar refractivity (Wildman–Crippen MR) is 52.5 cm³/mol. The Hall–Kier alpha value is -0.180. The van der Waals surface area contributed by atoms with E-state index < -0.39 is 5.92 Å². The zero-order chi connectivity index (χ0) is 10.2. The standard InChI is InChI=1S/C11H19F2N/c1-10(5-6-10)8-14-9-3-2-4-11(12,13)7-9/h9,14H,2-8H2,1H3. The number of hydrogen-bond donors (Lipinski definition) is 1. The van der Waals surface area contributed by atoms with Gasteiger partial charge in [-0.05, 0) is 31.1 Å². The van der Waals surface area contributed by atoms with Gasteiger partial charge < -0.3 is 5.32 Å². The molecule has 0 saturated heterocycles. The molecule has 0 amide bonds. The van der Waals surface area contributed by atoms with Gasteiger partial charge in [0.05, 0.1) is 0 Å². The number of alkyl halides is 2. The molecule has 2 aliphatic rings. The monoisotopic (exact) mass is 203 g/mol. The summed E-state index contributed by atoms with van der Waals surface area (Å²) in [7, 11) is 0. The Balaban J connectivity index is 1.75. The Kier molecular flexibility index (Phi) is 2.54. The third-order valence-electron chi connectivity index (χ3n) is 3.56. The van der Waals surface area contributed by atoms with Crippen LogP contribution in [0.3, 0.4) is 0 Å². The molecule has 0 bridgehead atoms. The summed E-state index contributed by atoms with van der Waals surface area (Å²) >= 11 is 0. The Bertz CT molecular complexity index is 211. The van der Waals surface area contributed by atoms with Crippen molar-refractivity contribution in [3.05, 3.63) is 0 Å². The molecule has 2 aliphatic carbocycles. The van der Waals surface area contributed by atoms with Crippen LogP contribution in [-0.2, 0) is 0 Å². The van der Waals surface area contributed by atoms with E-state index >= 15 is 0 Å². The SMILES string of the molecule is CC1(CNC2CCCC(F)(F)C2)CC1. The molecule has 14 heavy (non-hydrogen) atoms. The van der Waals surface area contributed by atoms with Gasteiger partial charge in [0.25, 0.3) is 0 Å². The quantitative estimate of drug-likeness (QED) is 0.743. The molecule has 0 radical (unpaired) electrons. The molecule has 0 aliphatic heterocycles. The second-order valence-electron chi connectivity index (χ2n) is 5.34. The molecule has 1 atom stereocenters. The summed E-state index contributed by atoms with van der Waals surface area (Å²) in [5.74, 6) is -2.42. The van der Waals surface area contributed by atoms with E-state index in [-0.39, 0.29) is 18.9 Å². The van der Waals surface area contributed by atoms with E-state index in [9.17, 15) is 8.78 Å². The lowest BCUT2D eigenvalue weighted by molar-refractivity contribution is -0.0444. The molecule has 0 aromatic carbocycles. The lowest BCUT2D eigenvalue weighted by Crippen LogP contribution is -2.41. The van der Waals surface area contributed by atoms with Crippen LogP contribution in [-0.4, -0.2) is 18.5 Å². The van der Waals surface area contributed by atoms with Gasteiger partial charge in [0.2, 0.25) is 5.92 Å². The van der Waals surface area contributed by atoms with Crippen LogP contribution in [0.5, 0.6) is 0 Å². The first-order chi connectivity index (χ1) is 6.49. The van der Waals surface area contributed by atoms with E-state index in [4.69, 9.17) is 0 Å². The molecular formula is C11H19F2N. The van der Waals surface area contributed by atoms with Crippen molar-refractivity contribution in [3.63, 3.8) is 0 Å². The number of hydrogen-bond acceptors (Lipinski definition) is 1. The van der Waals surface area contributed by atoms with E-state index in [1.165, 1.54) is 12.8 Å². The van der Waals surface area contributed by atoms with E-state index in [0.717, 1.165) is 13.0 Å². The molecule has 0 aromatic rings.